The van der Waals surface area contributed by atoms with Gasteiger partial charge in [0.2, 0.25) is 0 Å². The van der Waals surface area contributed by atoms with Crippen LogP contribution in [0.2, 0.25) is 5.02 Å². The fourth-order valence-electron chi connectivity index (χ4n) is 2.06. The molecule has 1 saturated carbocycles. The molecule has 122 valence electrons. The second-order valence-electron chi connectivity index (χ2n) is 6.73. The van der Waals surface area contributed by atoms with Crippen molar-refractivity contribution in [2.45, 2.75) is 51.7 Å². The molecule has 0 heterocycles. The minimum Gasteiger partial charge on any atom is -0.489 e. The fourth-order valence-corrected chi connectivity index (χ4v) is 3.08. The van der Waals surface area contributed by atoms with Gasteiger partial charge in [-0.1, -0.05) is 27.5 Å². The van der Waals surface area contributed by atoms with Crippen LogP contribution in [0.4, 0.5) is 4.79 Å². The van der Waals surface area contributed by atoms with Crippen LogP contribution in [0.5, 0.6) is 5.75 Å². The van der Waals surface area contributed by atoms with Crippen LogP contribution in [0, 0.1) is 6.92 Å². The molecule has 1 fully saturated rings. The average molecular weight is 391 g/mol. The summed E-state index contributed by atoms with van der Waals surface area (Å²) in [6, 6.07) is 3.74. The van der Waals surface area contributed by atoms with Crippen LogP contribution in [-0.2, 0) is 4.74 Å². The number of hydrogen-bond donors (Lipinski definition) is 1. The summed E-state index contributed by atoms with van der Waals surface area (Å²) in [6.45, 7) is 7.84. The van der Waals surface area contributed by atoms with Gasteiger partial charge in [0.1, 0.15) is 18.0 Å². The van der Waals surface area contributed by atoms with E-state index < -0.39 is 11.7 Å². The standard InChI is InChI=1S/C16H21BrClNO3/c1-10-7-11(17)8-12(18)13(10)21-9-16(5-6-16)19-14(20)22-15(2,3)4/h7-8H,5-6,9H2,1-4H3,(H,19,20). The van der Waals surface area contributed by atoms with E-state index in [9.17, 15) is 4.79 Å². The van der Waals surface area contributed by atoms with Gasteiger partial charge < -0.3 is 14.8 Å². The van der Waals surface area contributed by atoms with Crippen molar-refractivity contribution in [1.29, 1.82) is 0 Å². The topological polar surface area (TPSA) is 47.6 Å². The van der Waals surface area contributed by atoms with E-state index in [2.05, 4.69) is 21.2 Å². The molecule has 0 radical (unpaired) electrons. The number of carbonyl (C=O) groups is 1. The fraction of sp³-hybridized carbons (Fsp3) is 0.562. The van der Waals surface area contributed by atoms with E-state index in [-0.39, 0.29) is 5.54 Å². The lowest BCUT2D eigenvalue weighted by Gasteiger charge is -2.24. The van der Waals surface area contributed by atoms with Gasteiger partial charge in [0.15, 0.2) is 0 Å². The first-order valence-electron chi connectivity index (χ1n) is 7.20. The SMILES string of the molecule is Cc1cc(Br)cc(Cl)c1OCC1(NC(=O)OC(C)(C)C)CC1. The summed E-state index contributed by atoms with van der Waals surface area (Å²) in [7, 11) is 0. The number of halogens is 2. The highest BCUT2D eigenvalue weighted by molar-refractivity contribution is 9.10. The molecule has 1 N–H and O–H groups in total. The maximum atomic E-state index is 11.9. The van der Waals surface area contributed by atoms with E-state index in [0.29, 0.717) is 17.4 Å². The summed E-state index contributed by atoms with van der Waals surface area (Å²) in [6.07, 6.45) is 1.34. The number of aryl methyl sites for hydroxylation is 1. The van der Waals surface area contributed by atoms with Crippen LogP contribution >= 0.6 is 27.5 Å². The van der Waals surface area contributed by atoms with E-state index in [1.165, 1.54) is 0 Å². The predicted octanol–water partition coefficient (Wildman–Crippen LogP) is 4.85. The zero-order valence-electron chi connectivity index (χ0n) is 13.3. The van der Waals surface area contributed by atoms with Gasteiger partial charge in [-0.05, 0) is 58.2 Å². The Kier molecular flexibility index (Phi) is 4.97. The number of hydrogen-bond acceptors (Lipinski definition) is 3. The number of benzene rings is 1. The van der Waals surface area contributed by atoms with Crippen molar-refractivity contribution in [3.05, 3.63) is 27.2 Å². The number of rotatable bonds is 4. The first kappa shape index (κ1) is 17.4. The lowest BCUT2D eigenvalue weighted by molar-refractivity contribution is 0.0477. The summed E-state index contributed by atoms with van der Waals surface area (Å²) < 4.78 is 12.1. The Morgan fingerprint density at radius 2 is 2.05 bits per heavy atom. The zero-order valence-corrected chi connectivity index (χ0v) is 15.6. The number of amides is 1. The second-order valence-corrected chi connectivity index (χ2v) is 8.05. The summed E-state index contributed by atoms with van der Waals surface area (Å²) in [5, 5.41) is 3.46. The van der Waals surface area contributed by atoms with E-state index in [1.807, 2.05) is 33.8 Å². The van der Waals surface area contributed by atoms with Crippen molar-refractivity contribution in [2.24, 2.45) is 0 Å². The van der Waals surface area contributed by atoms with Crippen LogP contribution < -0.4 is 10.1 Å². The van der Waals surface area contributed by atoms with Gasteiger partial charge in [-0.15, -0.1) is 0 Å². The molecule has 0 unspecified atom stereocenters. The molecule has 2 rings (SSSR count). The zero-order chi connectivity index (χ0) is 16.5. The van der Waals surface area contributed by atoms with Crippen LogP contribution in [-0.4, -0.2) is 23.8 Å². The van der Waals surface area contributed by atoms with Gasteiger partial charge in [0.25, 0.3) is 0 Å². The van der Waals surface area contributed by atoms with E-state index >= 15 is 0 Å². The Morgan fingerprint density at radius 1 is 1.41 bits per heavy atom. The third kappa shape index (κ3) is 4.78. The molecule has 1 aromatic rings. The Balaban J connectivity index is 1.96. The third-order valence-corrected chi connectivity index (χ3v) is 4.05. The predicted molar refractivity (Wildman–Crippen MR) is 90.7 cm³/mol. The van der Waals surface area contributed by atoms with Crippen molar-refractivity contribution in [3.63, 3.8) is 0 Å². The van der Waals surface area contributed by atoms with E-state index in [0.717, 1.165) is 22.9 Å². The van der Waals surface area contributed by atoms with E-state index in [4.69, 9.17) is 21.1 Å². The highest BCUT2D eigenvalue weighted by Crippen LogP contribution is 2.38. The van der Waals surface area contributed by atoms with Crippen molar-refractivity contribution in [1.82, 2.24) is 5.32 Å². The molecule has 0 saturated heterocycles. The number of ether oxygens (including phenoxy) is 2. The van der Waals surface area contributed by atoms with Crippen LogP contribution in [0.3, 0.4) is 0 Å². The number of alkyl carbamates (subject to hydrolysis) is 1. The smallest absolute Gasteiger partial charge is 0.408 e. The molecular weight excluding hydrogens is 370 g/mol. The molecule has 0 spiro atoms. The van der Waals surface area contributed by atoms with Crippen molar-refractivity contribution in [2.75, 3.05) is 6.61 Å². The first-order valence-corrected chi connectivity index (χ1v) is 8.37. The Bertz CT molecular complexity index is 556. The van der Waals surface area contributed by atoms with Gasteiger partial charge in [-0.3, -0.25) is 0 Å². The maximum absolute atomic E-state index is 11.9. The Hall–Kier alpha value is -0.940. The van der Waals surface area contributed by atoms with Gasteiger partial charge in [-0.2, -0.15) is 0 Å². The lowest BCUT2D eigenvalue weighted by Crippen LogP contribution is -2.44. The van der Waals surface area contributed by atoms with Crippen LogP contribution in [0.15, 0.2) is 16.6 Å². The van der Waals surface area contributed by atoms with Crippen molar-refractivity contribution in [3.8, 4) is 5.75 Å². The van der Waals surface area contributed by atoms with Gasteiger partial charge >= 0.3 is 6.09 Å². The minimum atomic E-state index is -0.507. The summed E-state index contributed by atoms with van der Waals surface area (Å²) >= 11 is 9.61. The molecule has 6 heteroatoms. The molecule has 22 heavy (non-hydrogen) atoms. The Morgan fingerprint density at radius 3 is 2.55 bits per heavy atom. The van der Waals surface area contributed by atoms with Crippen LogP contribution in [0.25, 0.3) is 0 Å². The average Bonchev–Trinajstić information content (AvgIpc) is 3.04. The number of carbonyl (C=O) groups excluding carboxylic acids is 1. The summed E-state index contributed by atoms with van der Waals surface area (Å²) in [5.74, 6) is 0.655. The molecule has 0 atom stereocenters. The van der Waals surface area contributed by atoms with Gasteiger partial charge in [0, 0.05) is 4.47 Å². The van der Waals surface area contributed by atoms with Crippen molar-refractivity contribution >= 4 is 33.6 Å². The highest BCUT2D eigenvalue weighted by atomic mass is 79.9. The largest absolute Gasteiger partial charge is 0.489 e. The molecule has 0 bridgehead atoms. The Labute approximate surface area is 144 Å². The monoisotopic (exact) mass is 389 g/mol. The molecule has 1 amide bonds. The lowest BCUT2D eigenvalue weighted by atomic mass is 10.2. The van der Waals surface area contributed by atoms with Gasteiger partial charge in [-0.25, -0.2) is 4.79 Å². The second kappa shape index (κ2) is 6.28. The summed E-state index contributed by atoms with van der Waals surface area (Å²) in [4.78, 5) is 11.9. The molecule has 0 aliphatic heterocycles. The molecule has 1 aliphatic carbocycles. The summed E-state index contributed by atoms with van der Waals surface area (Å²) in [5.41, 5.74) is 0.102. The first-order chi connectivity index (χ1) is 10.1. The molecule has 0 aromatic heterocycles. The molecular formula is C16H21BrClNO3. The van der Waals surface area contributed by atoms with Crippen LogP contribution in [0.1, 0.15) is 39.2 Å². The van der Waals surface area contributed by atoms with E-state index in [1.54, 1.807) is 6.07 Å². The minimum absolute atomic E-state index is 0.342. The van der Waals surface area contributed by atoms with Gasteiger partial charge in [0.05, 0.1) is 10.6 Å². The highest BCUT2D eigenvalue weighted by Gasteiger charge is 2.46. The quantitative estimate of drug-likeness (QED) is 0.799. The number of nitrogens with one attached hydrogen (secondary N) is 1. The van der Waals surface area contributed by atoms with Crippen molar-refractivity contribution < 1.29 is 14.3 Å². The molecule has 1 aliphatic rings. The maximum Gasteiger partial charge on any atom is 0.408 e. The molecule has 4 nitrogen and oxygen atoms in total. The molecule has 1 aromatic carbocycles. The normalized spacial score (nSPS) is 16.1. The third-order valence-electron chi connectivity index (χ3n) is 3.31.